The number of carbonyl (C=O) groups is 1. The zero-order chi connectivity index (χ0) is 16.9. The summed E-state index contributed by atoms with van der Waals surface area (Å²) < 4.78 is 10.3. The van der Waals surface area contributed by atoms with Crippen molar-refractivity contribution in [3.63, 3.8) is 0 Å². The van der Waals surface area contributed by atoms with Crippen molar-refractivity contribution >= 4 is 17.6 Å². The molecule has 0 unspecified atom stereocenters. The summed E-state index contributed by atoms with van der Waals surface area (Å²) >= 11 is 5.88. The zero-order valence-corrected chi connectivity index (χ0v) is 14.3. The quantitative estimate of drug-likeness (QED) is 0.779. The highest BCUT2D eigenvalue weighted by Crippen LogP contribution is 2.21. The molecule has 0 aliphatic carbocycles. The summed E-state index contributed by atoms with van der Waals surface area (Å²) in [5.41, 5.74) is 1.30. The molecule has 2 aromatic rings. The Hall–Kier alpha value is -1.85. The lowest BCUT2D eigenvalue weighted by atomic mass is 10.0. The molecule has 0 bridgehead atoms. The van der Waals surface area contributed by atoms with Gasteiger partial charge in [0.25, 0.3) is 0 Å². The van der Waals surface area contributed by atoms with Crippen molar-refractivity contribution in [3.8, 4) is 11.3 Å². The van der Waals surface area contributed by atoms with Gasteiger partial charge < -0.3 is 14.6 Å². The number of nitrogens with zero attached hydrogens (tertiary/aromatic N) is 1. The van der Waals surface area contributed by atoms with Gasteiger partial charge in [0, 0.05) is 22.2 Å². The molecule has 1 heterocycles. The fraction of sp³-hybridized carbons (Fsp3) is 0.412. The molecule has 6 heteroatoms. The average Bonchev–Trinajstić information content (AvgIpc) is 2.95. The molecule has 0 fully saturated rings. The smallest absolute Gasteiger partial charge is 0.307 e. The standard InChI is InChI=1S/C17H21ClN2O3/c1-4-22-16(21)10-17(2,3)19-11-14-9-15(20-23-14)12-5-7-13(18)8-6-12/h5-9,19H,4,10-11H2,1-3H3. The van der Waals surface area contributed by atoms with Crippen LogP contribution in [-0.2, 0) is 16.1 Å². The van der Waals surface area contributed by atoms with Gasteiger partial charge in [-0.05, 0) is 32.9 Å². The van der Waals surface area contributed by atoms with Crippen LogP contribution in [0.25, 0.3) is 11.3 Å². The lowest BCUT2D eigenvalue weighted by Crippen LogP contribution is -2.41. The maximum absolute atomic E-state index is 11.6. The van der Waals surface area contributed by atoms with Crippen LogP contribution in [0.15, 0.2) is 34.9 Å². The molecule has 1 aromatic heterocycles. The van der Waals surface area contributed by atoms with Crippen molar-refractivity contribution < 1.29 is 14.1 Å². The van der Waals surface area contributed by atoms with Gasteiger partial charge in [0.15, 0.2) is 5.76 Å². The Morgan fingerprint density at radius 3 is 2.70 bits per heavy atom. The Kier molecular flexibility index (Phi) is 5.80. The summed E-state index contributed by atoms with van der Waals surface area (Å²) in [4.78, 5) is 11.6. The molecule has 2 rings (SSSR count). The largest absolute Gasteiger partial charge is 0.466 e. The number of aromatic nitrogens is 1. The molecule has 23 heavy (non-hydrogen) atoms. The average molecular weight is 337 g/mol. The fourth-order valence-electron chi connectivity index (χ4n) is 2.11. The molecule has 0 aliphatic heterocycles. The molecule has 0 spiro atoms. The fourth-order valence-corrected chi connectivity index (χ4v) is 2.24. The lowest BCUT2D eigenvalue weighted by molar-refractivity contribution is -0.144. The van der Waals surface area contributed by atoms with Gasteiger partial charge in [-0.2, -0.15) is 0 Å². The van der Waals surface area contributed by atoms with Crippen LogP contribution in [-0.4, -0.2) is 23.3 Å². The van der Waals surface area contributed by atoms with E-state index in [2.05, 4.69) is 10.5 Å². The molecule has 5 nitrogen and oxygen atoms in total. The highest BCUT2D eigenvalue weighted by molar-refractivity contribution is 6.30. The van der Waals surface area contributed by atoms with Gasteiger partial charge in [0.1, 0.15) is 5.69 Å². The maximum atomic E-state index is 11.6. The second-order valence-electron chi connectivity index (χ2n) is 5.90. The minimum atomic E-state index is -0.389. The van der Waals surface area contributed by atoms with E-state index in [4.69, 9.17) is 20.9 Å². The van der Waals surface area contributed by atoms with Gasteiger partial charge >= 0.3 is 5.97 Å². The Bertz CT molecular complexity index is 650. The molecule has 0 amide bonds. The first-order valence-electron chi connectivity index (χ1n) is 7.52. The molecule has 1 aromatic carbocycles. The highest BCUT2D eigenvalue weighted by Gasteiger charge is 2.22. The van der Waals surface area contributed by atoms with Gasteiger partial charge in [0.05, 0.1) is 19.6 Å². The molecule has 124 valence electrons. The Morgan fingerprint density at radius 1 is 1.35 bits per heavy atom. The molecule has 1 N–H and O–H groups in total. The van der Waals surface area contributed by atoms with E-state index in [9.17, 15) is 4.79 Å². The van der Waals surface area contributed by atoms with E-state index < -0.39 is 0 Å². The van der Waals surface area contributed by atoms with Crippen molar-refractivity contribution in [2.24, 2.45) is 0 Å². The summed E-state index contributed by atoms with van der Waals surface area (Å²) in [5, 5.41) is 8.02. The van der Waals surface area contributed by atoms with E-state index in [0.717, 1.165) is 11.3 Å². The predicted molar refractivity (Wildman–Crippen MR) is 89.1 cm³/mol. The van der Waals surface area contributed by atoms with Crippen LogP contribution >= 0.6 is 11.6 Å². The van der Waals surface area contributed by atoms with Crippen LogP contribution in [0.3, 0.4) is 0 Å². The predicted octanol–water partition coefficient (Wildman–Crippen LogP) is 3.82. The van der Waals surface area contributed by atoms with Gasteiger partial charge in [-0.15, -0.1) is 0 Å². The van der Waals surface area contributed by atoms with Crippen molar-refractivity contribution in [1.82, 2.24) is 10.5 Å². The number of benzene rings is 1. The number of ether oxygens (including phenoxy) is 1. The summed E-state index contributed by atoms with van der Waals surface area (Å²) in [6.45, 7) is 6.56. The number of halogens is 1. The zero-order valence-electron chi connectivity index (χ0n) is 13.6. The molecule has 0 saturated heterocycles. The highest BCUT2D eigenvalue weighted by atomic mass is 35.5. The second-order valence-corrected chi connectivity index (χ2v) is 6.34. The Labute approximate surface area is 141 Å². The van der Waals surface area contributed by atoms with Gasteiger partial charge in [0.2, 0.25) is 0 Å². The first kappa shape index (κ1) is 17.5. The van der Waals surface area contributed by atoms with Crippen molar-refractivity contribution in [1.29, 1.82) is 0 Å². The summed E-state index contributed by atoms with van der Waals surface area (Å²) in [6.07, 6.45) is 0.291. The van der Waals surface area contributed by atoms with Crippen LogP contribution < -0.4 is 5.32 Å². The van der Waals surface area contributed by atoms with Crippen LogP contribution in [0, 0.1) is 0 Å². The third kappa shape index (κ3) is 5.37. The molecular formula is C17H21ClN2O3. The van der Waals surface area contributed by atoms with Gasteiger partial charge in [-0.3, -0.25) is 4.79 Å². The first-order chi connectivity index (χ1) is 10.9. The van der Waals surface area contributed by atoms with Gasteiger partial charge in [-0.25, -0.2) is 0 Å². The van der Waals surface area contributed by atoms with Crippen molar-refractivity contribution in [3.05, 3.63) is 41.1 Å². The molecule has 0 saturated carbocycles. The van der Waals surface area contributed by atoms with E-state index in [1.54, 1.807) is 6.92 Å². The minimum Gasteiger partial charge on any atom is -0.466 e. The summed E-state index contributed by atoms with van der Waals surface area (Å²) in [6, 6.07) is 9.28. The molecule has 0 aliphatic rings. The summed E-state index contributed by atoms with van der Waals surface area (Å²) in [5.74, 6) is 0.483. The van der Waals surface area contributed by atoms with Crippen molar-refractivity contribution in [2.75, 3.05) is 6.61 Å². The van der Waals surface area contributed by atoms with Crippen LogP contribution in [0.1, 0.15) is 33.0 Å². The SMILES string of the molecule is CCOC(=O)CC(C)(C)NCc1cc(-c2ccc(Cl)cc2)no1. The lowest BCUT2D eigenvalue weighted by Gasteiger charge is -2.24. The number of rotatable bonds is 7. The third-order valence-corrected chi connectivity index (χ3v) is 3.58. The van der Waals surface area contributed by atoms with E-state index in [1.807, 2.05) is 44.2 Å². The summed E-state index contributed by atoms with van der Waals surface area (Å²) in [7, 11) is 0. The van der Waals surface area contributed by atoms with Crippen LogP contribution in [0.2, 0.25) is 5.02 Å². The Balaban J connectivity index is 1.94. The maximum Gasteiger partial charge on any atom is 0.307 e. The molecule has 0 radical (unpaired) electrons. The first-order valence-corrected chi connectivity index (χ1v) is 7.89. The van der Waals surface area contributed by atoms with E-state index in [0.29, 0.717) is 30.4 Å². The third-order valence-electron chi connectivity index (χ3n) is 3.33. The number of esters is 1. The van der Waals surface area contributed by atoms with Crippen LogP contribution in [0.5, 0.6) is 0 Å². The number of carbonyl (C=O) groups excluding carboxylic acids is 1. The van der Waals surface area contributed by atoms with E-state index >= 15 is 0 Å². The van der Waals surface area contributed by atoms with Gasteiger partial charge in [-0.1, -0.05) is 28.9 Å². The number of hydrogen-bond acceptors (Lipinski definition) is 5. The normalized spacial score (nSPS) is 11.5. The minimum absolute atomic E-state index is 0.218. The van der Waals surface area contributed by atoms with E-state index in [-0.39, 0.29) is 11.5 Å². The van der Waals surface area contributed by atoms with Crippen molar-refractivity contribution in [2.45, 2.75) is 39.3 Å². The topological polar surface area (TPSA) is 64.4 Å². The molecular weight excluding hydrogens is 316 g/mol. The molecule has 0 atom stereocenters. The number of hydrogen-bond donors (Lipinski definition) is 1. The number of nitrogens with one attached hydrogen (secondary N) is 1. The second kappa shape index (κ2) is 7.62. The monoisotopic (exact) mass is 336 g/mol. The van der Waals surface area contributed by atoms with Crippen LogP contribution in [0.4, 0.5) is 0 Å². The Morgan fingerprint density at radius 2 is 2.04 bits per heavy atom. The van der Waals surface area contributed by atoms with E-state index in [1.165, 1.54) is 0 Å².